The van der Waals surface area contributed by atoms with Crippen molar-refractivity contribution in [2.45, 2.75) is 56.1 Å². The molecule has 0 unspecified atom stereocenters. The molecule has 3 amide bonds. The van der Waals surface area contributed by atoms with Crippen molar-refractivity contribution in [2.24, 2.45) is 5.73 Å². The van der Waals surface area contributed by atoms with Gasteiger partial charge in [0, 0.05) is 39.5 Å². The third-order valence-corrected chi connectivity index (χ3v) is 8.50. The first-order chi connectivity index (χ1) is 21.0. The van der Waals surface area contributed by atoms with Gasteiger partial charge >= 0.3 is 0 Å². The van der Waals surface area contributed by atoms with Gasteiger partial charge < -0.3 is 20.9 Å². The molecular formula is C35H40F2N4O3. The van der Waals surface area contributed by atoms with E-state index < -0.39 is 35.5 Å². The predicted octanol–water partition coefficient (Wildman–Crippen LogP) is 4.64. The zero-order valence-electron chi connectivity index (χ0n) is 25.4. The van der Waals surface area contributed by atoms with Crippen molar-refractivity contribution < 1.29 is 23.2 Å². The van der Waals surface area contributed by atoms with Crippen LogP contribution in [-0.2, 0) is 27.2 Å². The number of nitrogens with one attached hydrogen (secondary N) is 1. The molecule has 4 rings (SSSR count). The lowest BCUT2D eigenvalue weighted by Crippen LogP contribution is -2.55. The second-order valence-electron chi connectivity index (χ2n) is 11.6. The normalized spacial score (nSPS) is 15.2. The van der Waals surface area contributed by atoms with Crippen LogP contribution >= 0.6 is 0 Å². The minimum atomic E-state index is -1.04. The van der Waals surface area contributed by atoms with Gasteiger partial charge in [0.1, 0.15) is 12.1 Å². The molecule has 1 saturated carbocycles. The molecule has 2 atom stereocenters. The lowest BCUT2D eigenvalue weighted by atomic mass is 9.75. The van der Waals surface area contributed by atoms with Gasteiger partial charge in [0.25, 0.3) is 0 Å². The van der Waals surface area contributed by atoms with E-state index in [4.69, 9.17) is 5.73 Å². The predicted molar refractivity (Wildman–Crippen MR) is 167 cm³/mol. The van der Waals surface area contributed by atoms with Gasteiger partial charge in [-0.3, -0.25) is 14.4 Å². The molecule has 9 heteroatoms. The number of benzene rings is 3. The van der Waals surface area contributed by atoms with E-state index in [0.29, 0.717) is 12.0 Å². The highest BCUT2D eigenvalue weighted by Gasteiger charge is 2.35. The number of hydrogen-bond donors (Lipinski definition) is 2. The second-order valence-corrected chi connectivity index (χ2v) is 11.6. The summed E-state index contributed by atoms with van der Waals surface area (Å²) in [6.07, 6.45) is 6.81. The van der Waals surface area contributed by atoms with Crippen LogP contribution in [0.2, 0.25) is 0 Å². The third-order valence-electron chi connectivity index (χ3n) is 8.50. The monoisotopic (exact) mass is 602 g/mol. The number of rotatable bonds is 12. The SMILES string of the molecule is CNC(=O)[C@@H](Cc1ccc(F)c(F)c1)N(C)C(=O)[C@@H](Cc1ccc(-c2ccccc2)cc1)N(C)C(=O)C=CCC1(N)CCC1. The van der Waals surface area contributed by atoms with E-state index in [1.165, 1.54) is 36.0 Å². The van der Waals surface area contributed by atoms with Crippen molar-refractivity contribution >= 4 is 17.7 Å². The van der Waals surface area contributed by atoms with E-state index in [1.807, 2.05) is 54.6 Å². The van der Waals surface area contributed by atoms with Gasteiger partial charge in [-0.25, -0.2) is 8.78 Å². The fraction of sp³-hybridized carbons (Fsp3) is 0.343. The van der Waals surface area contributed by atoms with Gasteiger partial charge in [-0.2, -0.15) is 0 Å². The van der Waals surface area contributed by atoms with Crippen molar-refractivity contribution in [3.8, 4) is 11.1 Å². The maximum Gasteiger partial charge on any atom is 0.246 e. The van der Waals surface area contributed by atoms with Crippen molar-refractivity contribution in [3.05, 3.63) is 108 Å². The summed E-state index contributed by atoms with van der Waals surface area (Å²) in [4.78, 5) is 43.1. The summed E-state index contributed by atoms with van der Waals surface area (Å²) < 4.78 is 27.5. The first kappa shape index (κ1) is 32.5. The molecule has 1 aliphatic carbocycles. The van der Waals surface area contributed by atoms with Crippen LogP contribution in [0.25, 0.3) is 11.1 Å². The van der Waals surface area contributed by atoms with Crippen LogP contribution in [0.3, 0.4) is 0 Å². The fourth-order valence-electron chi connectivity index (χ4n) is 5.43. The first-order valence-corrected chi connectivity index (χ1v) is 14.8. The lowest BCUT2D eigenvalue weighted by molar-refractivity contribution is -0.146. The smallest absolute Gasteiger partial charge is 0.246 e. The highest BCUT2D eigenvalue weighted by atomic mass is 19.2. The molecule has 3 N–H and O–H groups in total. The van der Waals surface area contributed by atoms with Crippen LogP contribution in [0.15, 0.2) is 84.9 Å². The molecular weight excluding hydrogens is 562 g/mol. The molecule has 0 radical (unpaired) electrons. The first-order valence-electron chi connectivity index (χ1n) is 14.8. The molecule has 0 aliphatic heterocycles. The summed E-state index contributed by atoms with van der Waals surface area (Å²) >= 11 is 0. The molecule has 1 aliphatic rings. The van der Waals surface area contributed by atoms with Gasteiger partial charge in [0.15, 0.2) is 11.6 Å². The number of hydrogen-bond acceptors (Lipinski definition) is 4. The van der Waals surface area contributed by atoms with E-state index in [1.54, 1.807) is 13.1 Å². The van der Waals surface area contributed by atoms with Gasteiger partial charge in [0.05, 0.1) is 0 Å². The van der Waals surface area contributed by atoms with E-state index in [-0.39, 0.29) is 24.3 Å². The molecule has 0 aromatic heterocycles. The van der Waals surface area contributed by atoms with E-state index in [2.05, 4.69) is 5.32 Å². The molecule has 3 aromatic carbocycles. The minimum absolute atomic E-state index is 0.0479. The zero-order valence-corrected chi connectivity index (χ0v) is 25.4. The highest BCUT2D eigenvalue weighted by Crippen LogP contribution is 2.32. The average Bonchev–Trinajstić information content (AvgIpc) is 3.02. The number of amides is 3. The Morgan fingerprint density at radius 3 is 2.07 bits per heavy atom. The third kappa shape index (κ3) is 7.96. The Kier molecular flexibility index (Phi) is 10.7. The standard InChI is InChI=1S/C35H40F2N4O3/c1-39-33(43)30(23-25-14-17-28(36)29(37)21-25)41(3)34(44)31(40(2)32(42)11-7-18-35(38)19-8-20-35)22-24-12-15-27(16-13-24)26-9-5-4-6-10-26/h4-7,9-17,21,30-31H,8,18-20,22-23,38H2,1-3H3,(H,39,43)/t30-,31-/m1/s1. The molecule has 0 heterocycles. The van der Waals surface area contributed by atoms with Crippen molar-refractivity contribution in [3.63, 3.8) is 0 Å². The molecule has 0 bridgehead atoms. The quantitative estimate of drug-likeness (QED) is 0.295. The van der Waals surface area contributed by atoms with Gasteiger partial charge in [0.2, 0.25) is 17.7 Å². The summed E-state index contributed by atoms with van der Waals surface area (Å²) in [6, 6.07) is 19.1. The summed E-state index contributed by atoms with van der Waals surface area (Å²) in [6.45, 7) is 0. The van der Waals surface area contributed by atoms with Crippen LogP contribution in [0.5, 0.6) is 0 Å². The van der Waals surface area contributed by atoms with Crippen molar-refractivity contribution in [1.82, 2.24) is 15.1 Å². The maximum absolute atomic E-state index is 14.1. The topological polar surface area (TPSA) is 95.7 Å². The Bertz CT molecular complexity index is 1490. The molecule has 44 heavy (non-hydrogen) atoms. The highest BCUT2D eigenvalue weighted by molar-refractivity contribution is 5.95. The zero-order chi connectivity index (χ0) is 31.9. The van der Waals surface area contributed by atoms with E-state index in [9.17, 15) is 23.2 Å². The van der Waals surface area contributed by atoms with Gasteiger partial charge in [-0.15, -0.1) is 0 Å². The summed E-state index contributed by atoms with van der Waals surface area (Å²) in [5.41, 5.74) is 9.27. The maximum atomic E-state index is 14.1. The number of halogens is 2. The number of nitrogens with zero attached hydrogens (tertiary/aromatic N) is 2. The number of nitrogens with two attached hydrogens (primary N) is 1. The number of likely N-dealkylation sites (N-methyl/N-ethyl adjacent to an activating group) is 3. The molecule has 0 saturated heterocycles. The Labute approximate surface area is 257 Å². The van der Waals surface area contributed by atoms with Gasteiger partial charge in [-0.1, -0.05) is 66.7 Å². The Morgan fingerprint density at radius 2 is 1.48 bits per heavy atom. The molecule has 232 valence electrons. The number of carbonyl (C=O) groups excluding carboxylic acids is 3. The Balaban J connectivity index is 1.59. The fourth-order valence-corrected chi connectivity index (χ4v) is 5.43. The summed E-state index contributed by atoms with van der Waals surface area (Å²) in [5.74, 6) is -3.34. The van der Waals surface area contributed by atoms with Crippen molar-refractivity contribution in [1.29, 1.82) is 0 Å². The van der Waals surface area contributed by atoms with Crippen molar-refractivity contribution in [2.75, 3.05) is 21.1 Å². The van der Waals surface area contributed by atoms with Crippen LogP contribution < -0.4 is 11.1 Å². The summed E-state index contributed by atoms with van der Waals surface area (Å²) in [7, 11) is 4.49. The van der Waals surface area contributed by atoms with Crippen LogP contribution in [0.4, 0.5) is 8.78 Å². The lowest BCUT2D eigenvalue weighted by Gasteiger charge is -2.37. The van der Waals surface area contributed by atoms with Gasteiger partial charge in [-0.05, 0) is 66.1 Å². The Hall–Kier alpha value is -4.37. The average molecular weight is 603 g/mol. The molecule has 0 spiro atoms. The number of carbonyl (C=O) groups is 3. The Morgan fingerprint density at radius 1 is 0.864 bits per heavy atom. The van der Waals surface area contributed by atoms with E-state index in [0.717, 1.165) is 48.1 Å². The largest absolute Gasteiger partial charge is 0.357 e. The molecule has 1 fully saturated rings. The van der Waals surface area contributed by atoms with E-state index >= 15 is 0 Å². The molecule has 7 nitrogen and oxygen atoms in total. The molecule has 3 aromatic rings. The van der Waals surface area contributed by atoms with Crippen LogP contribution in [0, 0.1) is 11.6 Å². The summed E-state index contributed by atoms with van der Waals surface area (Å²) in [5, 5.41) is 2.56. The minimum Gasteiger partial charge on any atom is -0.357 e. The van der Waals surface area contributed by atoms with Crippen LogP contribution in [-0.4, -0.2) is 66.3 Å². The van der Waals surface area contributed by atoms with Crippen LogP contribution in [0.1, 0.15) is 36.8 Å². The second kappa shape index (κ2) is 14.4.